The highest BCUT2D eigenvalue weighted by Gasteiger charge is 2.14. The number of aromatic nitrogens is 2. The van der Waals surface area contributed by atoms with Gasteiger partial charge >= 0.3 is 0 Å². The average molecular weight is 344 g/mol. The highest BCUT2D eigenvalue weighted by Crippen LogP contribution is 2.20. The van der Waals surface area contributed by atoms with Crippen LogP contribution in [0.5, 0.6) is 0 Å². The van der Waals surface area contributed by atoms with Gasteiger partial charge < -0.3 is 4.42 Å². The SMILES string of the molecule is CCN(Cc1cnn(Cc2ccccc2)c1Cl)Cc1occc1C. The van der Waals surface area contributed by atoms with E-state index in [4.69, 9.17) is 16.0 Å². The Morgan fingerprint density at radius 3 is 2.62 bits per heavy atom. The molecule has 0 amide bonds. The fourth-order valence-corrected chi connectivity index (χ4v) is 2.88. The van der Waals surface area contributed by atoms with Gasteiger partial charge in [-0.1, -0.05) is 48.9 Å². The van der Waals surface area contributed by atoms with E-state index >= 15 is 0 Å². The summed E-state index contributed by atoms with van der Waals surface area (Å²) in [4.78, 5) is 2.29. The van der Waals surface area contributed by atoms with Gasteiger partial charge in [-0.05, 0) is 30.7 Å². The normalized spacial score (nSPS) is 11.3. The highest BCUT2D eigenvalue weighted by molar-refractivity contribution is 6.30. The molecule has 0 bridgehead atoms. The zero-order valence-corrected chi connectivity index (χ0v) is 14.8. The zero-order chi connectivity index (χ0) is 16.9. The molecule has 1 aromatic carbocycles. The molecule has 0 N–H and O–H groups in total. The van der Waals surface area contributed by atoms with Crippen LogP contribution in [0.4, 0.5) is 0 Å². The largest absolute Gasteiger partial charge is 0.468 e. The molecular formula is C19H22ClN3O. The monoisotopic (exact) mass is 343 g/mol. The van der Waals surface area contributed by atoms with E-state index in [-0.39, 0.29) is 0 Å². The van der Waals surface area contributed by atoms with Gasteiger partial charge in [0.25, 0.3) is 0 Å². The van der Waals surface area contributed by atoms with Crippen molar-refractivity contribution in [2.24, 2.45) is 0 Å². The Bertz CT molecular complexity index is 779. The molecule has 0 aliphatic heterocycles. The van der Waals surface area contributed by atoms with Gasteiger partial charge in [-0.3, -0.25) is 4.90 Å². The topological polar surface area (TPSA) is 34.2 Å². The van der Waals surface area contributed by atoms with Crippen molar-refractivity contribution in [3.8, 4) is 0 Å². The van der Waals surface area contributed by atoms with E-state index in [1.807, 2.05) is 35.1 Å². The van der Waals surface area contributed by atoms with Crippen molar-refractivity contribution in [2.75, 3.05) is 6.54 Å². The molecule has 0 radical (unpaired) electrons. The molecule has 0 saturated heterocycles. The van der Waals surface area contributed by atoms with Crippen LogP contribution in [-0.2, 0) is 19.6 Å². The summed E-state index contributed by atoms with van der Waals surface area (Å²) in [5.41, 5.74) is 3.41. The molecule has 0 saturated carbocycles. The Hall–Kier alpha value is -2.04. The smallest absolute Gasteiger partial charge is 0.131 e. The molecule has 0 atom stereocenters. The second-order valence-corrected chi connectivity index (χ2v) is 6.29. The number of nitrogens with zero attached hydrogens (tertiary/aromatic N) is 3. The minimum Gasteiger partial charge on any atom is -0.468 e. The van der Waals surface area contributed by atoms with Crippen LogP contribution < -0.4 is 0 Å². The molecule has 2 heterocycles. The van der Waals surface area contributed by atoms with E-state index in [1.165, 1.54) is 11.1 Å². The van der Waals surface area contributed by atoms with Gasteiger partial charge in [-0.2, -0.15) is 5.10 Å². The fourth-order valence-electron chi connectivity index (χ4n) is 2.67. The summed E-state index contributed by atoms with van der Waals surface area (Å²) in [6.45, 7) is 7.33. The van der Waals surface area contributed by atoms with Crippen molar-refractivity contribution in [1.82, 2.24) is 14.7 Å². The Morgan fingerprint density at radius 1 is 1.17 bits per heavy atom. The molecule has 3 aromatic rings. The maximum absolute atomic E-state index is 6.54. The van der Waals surface area contributed by atoms with Crippen LogP contribution in [0.1, 0.15) is 29.4 Å². The fraction of sp³-hybridized carbons (Fsp3) is 0.316. The summed E-state index contributed by atoms with van der Waals surface area (Å²) >= 11 is 6.54. The predicted octanol–water partition coefficient (Wildman–Crippen LogP) is 4.51. The van der Waals surface area contributed by atoms with E-state index in [0.717, 1.165) is 31.0 Å². The van der Waals surface area contributed by atoms with E-state index in [2.05, 4.69) is 36.0 Å². The third-order valence-electron chi connectivity index (χ3n) is 4.20. The van der Waals surface area contributed by atoms with Crippen molar-refractivity contribution < 1.29 is 4.42 Å². The first-order valence-corrected chi connectivity index (χ1v) is 8.54. The third kappa shape index (κ3) is 3.89. The van der Waals surface area contributed by atoms with E-state index in [9.17, 15) is 0 Å². The summed E-state index contributed by atoms with van der Waals surface area (Å²) in [5, 5.41) is 5.15. The molecule has 2 aromatic heterocycles. The van der Waals surface area contributed by atoms with Crippen molar-refractivity contribution in [1.29, 1.82) is 0 Å². The van der Waals surface area contributed by atoms with Gasteiger partial charge in [0.2, 0.25) is 0 Å². The first-order chi connectivity index (χ1) is 11.7. The van der Waals surface area contributed by atoms with Crippen LogP contribution in [0.3, 0.4) is 0 Å². The Morgan fingerprint density at radius 2 is 1.96 bits per heavy atom. The lowest BCUT2D eigenvalue weighted by molar-refractivity contribution is 0.247. The summed E-state index contributed by atoms with van der Waals surface area (Å²) < 4.78 is 7.40. The van der Waals surface area contributed by atoms with Crippen molar-refractivity contribution in [3.63, 3.8) is 0 Å². The summed E-state index contributed by atoms with van der Waals surface area (Å²) in [7, 11) is 0. The minimum absolute atomic E-state index is 0.684. The number of hydrogen-bond donors (Lipinski definition) is 0. The molecule has 4 nitrogen and oxygen atoms in total. The maximum Gasteiger partial charge on any atom is 0.131 e. The second kappa shape index (κ2) is 7.69. The van der Waals surface area contributed by atoms with E-state index < -0.39 is 0 Å². The number of aryl methyl sites for hydroxylation is 1. The van der Waals surface area contributed by atoms with Crippen molar-refractivity contribution >= 4 is 11.6 Å². The summed E-state index contributed by atoms with van der Waals surface area (Å²) in [6.07, 6.45) is 3.60. The van der Waals surface area contributed by atoms with Crippen LogP contribution in [0.25, 0.3) is 0 Å². The van der Waals surface area contributed by atoms with Gasteiger partial charge in [0.05, 0.1) is 25.5 Å². The average Bonchev–Trinajstić information content (AvgIpc) is 3.15. The molecular weight excluding hydrogens is 322 g/mol. The number of rotatable bonds is 7. The number of furan rings is 1. The highest BCUT2D eigenvalue weighted by atomic mass is 35.5. The first-order valence-electron chi connectivity index (χ1n) is 8.16. The quantitative estimate of drug-likeness (QED) is 0.633. The lowest BCUT2D eigenvalue weighted by Gasteiger charge is -2.19. The second-order valence-electron chi connectivity index (χ2n) is 5.93. The van der Waals surface area contributed by atoms with Crippen molar-refractivity contribution in [3.05, 3.63) is 76.5 Å². The van der Waals surface area contributed by atoms with E-state index in [0.29, 0.717) is 11.7 Å². The summed E-state index contributed by atoms with van der Waals surface area (Å²) in [5.74, 6) is 1.00. The van der Waals surface area contributed by atoms with E-state index in [1.54, 1.807) is 6.26 Å². The Balaban J connectivity index is 1.69. The van der Waals surface area contributed by atoms with Gasteiger partial charge in [0, 0.05) is 12.1 Å². The van der Waals surface area contributed by atoms with Gasteiger partial charge in [0.1, 0.15) is 10.9 Å². The van der Waals surface area contributed by atoms with Gasteiger partial charge in [-0.15, -0.1) is 0 Å². The summed E-state index contributed by atoms with van der Waals surface area (Å²) in [6, 6.07) is 12.2. The molecule has 24 heavy (non-hydrogen) atoms. The maximum atomic E-state index is 6.54. The molecule has 0 aliphatic carbocycles. The Kier molecular flexibility index (Phi) is 5.38. The van der Waals surface area contributed by atoms with Gasteiger partial charge in [-0.25, -0.2) is 4.68 Å². The molecule has 5 heteroatoms. The Labute approximate surface area is 147 Å². The third-order valence-corrected chi connectivity index (χ3v) is 4.63. The minimum atomic E-state index is 0.684. The van der Waals surface area contributed by atoms with Crippen LogP contribution in [0.2, 0.25) is 5.15 Å². The number of benzene rings is 1. The lowest BCUT2D eigenvalue weighted by atomic mass is 10.2. The number of hydrogen-bond acceptors (Lipinski definition) is 3. The van der Waals surface area contributed by atoms with Crippen LogP contribution in [0.15, 0.2) is 53.3 Å². The molecule has 0 spiro atoms. The molecule has 126 valence electrons. The molecule has 0 unspecified atom stereocenters. The molecule has 0 fully saturated rings. The molecule has 3 rings (SSSR count). The first kappa shape index (κ1) is 16.8. The lowest BCUT2D eigenvalue weighted by Crippen LogP contribution is -2.22. The van der Waals surface area contributed by atoms with Gasteiger partial charge in [0.15, 0.2) is 0 Å². The predicted molar refractivity (Wildman–Crippen MR) is 96.0 cm³/mol. The van der Waals surface area contributed by atoms with Crippen molar-refractivity contribution in [2.45, 2.75) is 33.5 Å². The standard InChI is InChI=1S/C19H22ClN3O/c1-3-22(14-18-15(2)9-10-24-18)13-17-11-21-23(19(17)20)12-16-7-5-4-6-8-16/h4-11H,3,12-14H2,1-2H3. The van der Waals surface area contributed by atoms with Crippen LogP contribution in [-0.4, -0.2) is 21.2 Å². The zero-order valence-electron chi connectivity index (χ0n) is 14.1. The number of halogens is 1. The molecule has 0 aliphatic rings. The van der Waals surface area contributed by atoms with Crippen LogP contribution in [0, 0.1) is 6.92 Å². The van der Waals surface area contributed by atoms with Crippen LogP contribution >= 0.6 is 11.6 Å².